The molecule has 2 N–H and O–H groups in total. The number of carboxylic acids is 2. The molecule has 0 aliphatic carbocycles. The average Bonchev–Trinajstić information content (AvgIpc) is 2.24. The van der Waals surface area contributed by atoms with Gasteiger partial charge in [0.2, 0.25) is 0 Å². The maximum atomic E-state index is 12.0. The smallest absolute Gasteiger partial charge is 0.311 e. The molecule has 0 amide bonds. The minimum absolute atomic E-state index is 0.304. The first-order valence-corrected chi connectivity index (χ1v) is 6.98. The SMILES string of the molecule is CCCCC(C)(C(=O)O)C(CC)(C(=O)O)C(C)(C)C. The molecule has 0 saturated heterocycles. The molecule has 4 nitrogen and oxygen atoms in total. The lowest BCUT2D eigenvalue weighted by Gasteiger charge is -2.50. The fourth-order valence-electron chi connectivity index (χ4n) is 3.49. The molecule has 0 aromatic rings. The molecule has 0 heterocycles. The second-order valence-electron chi connectivity index (χ2n) is 6.55. The van der Waals surface area contributed by atoms with Gasteiger partial charge in [-0.3, -0.25) is 9.59 Å². The number of hydrogen-bond donors (Lipinski definition) is 2. The lowest BCUT2D eigenvalue weighted by atomic mass is 9.50. The summed E-state index contributed by atoms with van der Waals surface area (Å²) in [6.45, 7) is 10.8. The number of carbonyl (C=O) groups is 2. The van der Waals surface area contributed by atoms with E-state index < -0.39 is 28.2 Å². The summed E-state index contributed by atoms with van der Waals surface area (Å²) in [5.41, 5.74) is -3.17. The van der Waals surface area contributed by atoms with Gasteiger partial charge in [-0.2, -0.15) is 0 Å². The Bertz CT molecular complexity index is 343. The van der Waals surface area contributed by atoms with Crippen LogP contribution in [0.15, 0.2) is 0 Å². The van der Waals surface area contributed by atoms with Crippen molar-refractivity contribution in [3.8, 4) is 0 Å². The second kappa shape index (κ2) is 5.93. The Balaban J connectivity index is 6.05. The second-order valence-corrected chi connectivity index (χ2v) is 6.55. The van der Waals surface area contributed by atoms with Crippen molar-refractivity contribution in [1.29, 1.82) is 0 Å². The molecule has 0 aliphatic heterocycles. The molecule has 2 atom stereocenters. The summed E-state index contributed by atoms with van der Waals surface area (Å²) in [5, 5.41) is 19.5. The van der Waals surface area contributed by atoms with Crippen LogP contribution in [0.5, 0.6) is 0 Å². The Morgan fingerprint density at radius 3 is 1.63 bits per heavy atom. The van der Waals surface area contributed by atoms with Gasteiger partial charge >= 0.3 is 11.9 Å². The van der Waals surface area contributed by atoms with Crippen LogP contribution in [-0.2, 0) is 9.59 Å². The maximum Gasteiger partial charge on any atom is 0.311 e. The quantitative estimate of drug-likeness (QED) is 0.739. The molecule has 2 unspecified atom stereocenters. The third-order valence-corrected chi connectivity index (χ3v) is 4.62. The first-order valence-electron chi connectivity index (χ1n) is 6.98. The highest BCUT2D eigenvalue weighted by Gasteiger charge is 2.62. The van der Waals surface area contributed by atoms with Gasteiger partial charge in [0.05, 0.1) is 10.8 Å². The highest BCUT2D eigenvalue weighted by molar-refractivity contribution is 5.87. The Labute approximate surface area is 116 Å². The van der Waals surface area contributed by atoms with Gasteiger partial charge in [-0.1, -0.05) is 47.5 Å². The summed E-state index contributed by atoms with van der Waals surface area (Å²) in [6, 6.07) is 0. The Hall–Kier alpha value is -1.06. The van der Waals surface area contributed by atoms with Crippen LogP contribution in [-0.4, -0.2) is 22.2 Å². The van der Waals surface area contributed by atoms with E-state index >= 15 is 0 Å². The van der Waals surface area contributed by atoms with Crippen molar-refractivity contribution in [2.45, 2.75) is 67.2 Å². The first-order chi connectivity index (χ1) is 8.51. The van der Waals surface area contributed by atoms with E-state index in [9.17, 15) is 19.8 Å². The molecular weight excluding hydrogens is 244 g/mol. The fraction of sp³-hybridized carbons (Fsp3) is 0.867. The zero-order valence-corrected chi connectivity index (χ0v) is 13.0. The third-order valence-electron chi connectivity index (χ3n) is 4.62. The predicted molar refractivity (Wildman–Crippen MR) is 75.1 cm³/mol. The maximum absolute atomic E-state index is 12.0. The van der Waals surface area contributed by atoms with E-state index in [1.54, 1.807) is 13.8 Å². The fourth-order valence-corrected chi connectivity index (χ4v) is 3.49. The van der Waals surface area contributed by atoms with Crippen molar-refractivity contribution in [3.63, 3.8) is 0 Å². The number of rotatable bonds is 7. The van der Waals surface area contributed by atoms with Crippen LogP contribution in [0.3, 0.4) is 0 Å². The molecule has 0 saturated carbocycles. The third kappa shape index (κ3) is 2.77. The van der Waals surface area contributed by atoms with E-state index in [1.165, 1.54) is 0 Å². The molecule has 0 bridgehead atoms. The molecule has 4 heteroatoms. The molecule has 0 aliphatic rings. The molecular formula is C15H28O4. The van der Waals surface area contributed by atoms with Crippen molar-refractivity contribution in [1.82, 2.24) is 0 Å². The Kier molecular flexibility index (Phi) is 5.60. The Morgan fingerprint density at radius 1 is 0.947 bits per heavy atom. The molecule has 0 aromatic heterocycles. The van der Waals surface area contributed by atoms with Gasteiger partial charge in [0.1, 0.15) is 0 Å². The van der Waals surface area contributed by atoms with E-state index in [-0.39, 0.29) is 0 Å². The minimum Gasteiger partial charge on any atom is -0.481 e. The zero-order valence-electron chi connectivity index (χ0n) is 13.0. The minimum atomic E-state index is -1.28. The van der Waals surface area contributed by atoms with Crippen molar-refractivity contribution in [2.24, 2.45) is 16.2 Å². The van der Waals surface area contributed by atoms with E-state index in [1.807, 2.05) is 27.7 Å². The van der Waals surface area contributed by atoms with Crippen molar-refractivity contribution in [3.05, 3.63) is 0 Å². The predicted octanol–water partition coefficient (Wildman–Crippen LogP) is 3.79. The normalized spacial score (nSPS) is 18.4. The molecule has 0 aromatic carbocycles. The topological polar surface area (TPSA) is 74.6 Å². The lowest BCUT2D eigenvalue weighted by molar-refractivity contribution is -0.187. The summed E-state index contributed by atoms with van der Waals surface area (Å²) in [4.78, 5) is 23.8. The van der Waals surface area contributed by atoms with Gasteiger partial charge in [-0.05, 0) is 25.2 Å². The highest BCUT2D eigenvalue weighted by Crippen LogP contribution is 2.56. The first kappa shape index (κ1) is 17.9. The van der Waals surface area contributed by atoms with E-state index in [2.05, 4.69) is 0 Å². The van der Waals surface area contributed by atoms with Gasteiger partial charge in [-0.15, -0.1) is 0 Å². The monoisotopic (exact) mass is 272 g/mol. The van der Waals surface area contributed by atoms with Gasteiger partial charge in [0.25, 0.3) is 0 Å². The summed E-state index contributed by atoms with van der Waals surface area (Å²) in [7, 11) is 0. The Morgan fingerprint density at radius 2 is 1.42 bits per heavy atom. The largest absolute Gasteiger partial charge is 0.481 e. The van der Waals surface area contributed by atoms with E-state index in [4.69, 9.17) is 0 Å². The number of unbranched alkanes of at least 4 members (excludes halogenated alkanes) is 1. The summed E-state index contributed by atoms with van der Waals surface area (Å²) in [6.07, 6.45) is 2.26. The zero-order chi connectivity index (χ0) is 15.5. The van der Waals surface area contributed by atoms with Crippen LogP contribution in [0, 0.1) is 16.2 Å². The standard InChI is InChI=1S/C15H28O4/c1-7-9-10-14(6,11(16)17)15(8-2,12(18)19)13(3,4)5/h7-10H2,1-6H3,(H,16,17)(H,18,19). The lowest BCUT2D eigenvalue weighted by Crippen LogP contribution is -2.57. The van der Waals surface area contributed by atoms with Crippen molar-refractivity contribution >= 4 is 11.9 Å². The summed E-state index contributed by atoms with van der Waals surface area (Å²) >= 11 is 0. The molecule has 0 fully saturated rings. The van der Waals surface area contributed by atoms with Gasteiger partial charge in [0, 0.05) is 0 Å². The van der Waals surface area contributed by atoms with E-state index in [0.29, 0.717) is 19.3 Å². The van der Waals surface area contributed by atoms with E-state index in [0.717, 1.165) is 6.42 Å². The highest BCUT2D eigenvalue weighted by atomic mass is 16.4. The molecule has 112 valence electrons. The van der Waals surface area contributed by atoms with Crippen LogP contribution in [0.1, 0.15) is 67.2 Å². The van der Waals surface area contributed by atoms with Crippen LogP contribution < -0.4 is 0 Å². The number of aliphatic carboxylic acids is 2. The summed E-state index contributed by atoms with van der Waals surface area (Å²) in [5.74, 6) is -2.02. The van der Waals surface area contributed by atoms with Gasteiger partial charge in [0.15, 0.2) is 0 Å². The number of carboxylic acid groups (broad SMARTS) is 2. The van der Waals surface area contributed by atoms with Gasteiger partial charge < -0.3 is 10.2 Å². The molecule has 0 radical (unpaired) electrons. The van der Waals surface area contributed by atoms with Crippen LogP contribution in [0.25, 0.3) is 0 Å². The van der Waals surface area contributed by atoms with Crippen LogP contribution >= 0.6 is 0 Å². The van der Waals surface area contributed by atoms with Gasteiger partial charge in [-0.25, -0.2) is 0 Å². The number of hydrogen-bond acceptors (Lipinski definition) is 2. The summed E-state index contributed by atoms with van der Waals surface area (Å²) < 4.78 is 0. The van der Waals surface area contributed by atoms with Crippen LogP contribution in [0.4, 0.5) is 0 Å². The molecule has 0 spiro atoms. The molecule has 19 heavy (non-hydrogen) atoms. The van der Waals surface area contributed by atoms with Crippen molar-refractivity contribution < 1.29 is 19.8 Å². The van der Waals surface area contributed by atoms with Crippen LogP contribution in [0.2, 0.25) is 0 Å². The van der Waals surface area contributed by atoms with Crippen molar-refractivity contribution in [2.75, 3.05) is 0 Å². The molecule has 0 rings (SSSR count). The average molecular weight is 272 g/mol.